The van der Waals surface area contributed by atoms with Crippen LogP contribution in [0, 0.1) is 6.92 Å². The molecule has 3 N–H and O–H groups in total. The van der Waals surface area contributed by atoms with Crippen molar-refractivity contribution >= 4 is 23.3 Å². The molecule has 0 atom stereocenters. The van der Waals surface area contributed by atoms with E-state index in [1.54, 1.807) is 43.3 Å². The number of rotatable bonds is 6. The standard InChI is InChI=1S/C18H20N2O5/c1-11-5-4-6-13(17(11)19)18(22)25-10-16(21)20-12-7-8-14(23-2)15(9-12)24-3/h4-9H,10,19H2,1-3H3,(H,20,21). The number of benzene rings is 2. The van der Waals surface area contributed by atoms with Crippen LogP contribution in [0.1, 0.15) is 15.9 Å². The monoisotopic (exact) mass is 344 g/mol. The molecule has 0 heterocycles. The molecule has 0 unspecified atom stereocenters. The molecule has 25 heavy (non-hydrogen) atoms. The van der Waals surface area contributed by atoms with Gasteiger partial charge in [-0.3, -0.25) is 4.79 Å². The topological polar surface area (TPSA) is 99.9 Å². The number of hydrogen-bond acceptors (Lipinski definition) is 6. The zero-order valence-electron chi connectivity index (χ0n) is 14.3. The van der Waals surface area contributed by atoms with Crippen molar-refractivity contribution < 1.29 is 23.8 Å². The minimum Gasteiger partial charge on any atom is -0.493 e. The number of para-hydroxylation sites is 1. The summed E-state index contributed by atoms with van der Waals surface area (Å²) < 4.78 is 15.3. The molecule has 2 aromatic carbocycles. The molecule has 0 radical (unpaired) electrons. The second kappa shape index (κ2) is 8.05. The third kappa shape index (κ3) is 4.41. The Morgan fingerprint density at radius 2 is 1.80 bits per heavy atom. The molecular weight excluding hydrogens is 324 g/mol. The molecule has 0 aliphatic carbocycles. The van der Waals surface area contributed by atoms with E-state index in [4.69, 9.17) is 19.9 Å². The first-order valence-electron chi connectivity index (χ1n) is 7.50. The van der Waals surface area contributed by atoms with Crippen LogP contribution in [0.4, 0.5) is 11.4 Å². The maximum Gasteiger partial charge on any atom is 0.340 e. The van der Waals surface area contributed by atoms with Gasteiger partial charge in [0.05, 0.1) is 19.8 Å². The quantitative estimate of drug-likeness (QED) is 0.616. The lowest BCUT2D eigenvalue weighted by Crippen LogP contribution is -2.21. The highest BCUT2D eigenvalue weighted by Crippen LogP contribution is 2.29. The lowest BCUT2D eigenvalue weighted by Gasteiger charge is -2.11. The highest BCUT2D eigenvalue weighted by molar-refractivity contribution is 5.98. The molecule has 0 aliphatic rings. The number of esters is 1. The summed E-state index contributed by atoms with van der Waals surface area (Å²) in [4.78, 5) is 24.0. The van der Waals surface area contributed by atoms with Gasteiger partial charge < -0.3 is 25.3 Å². The van der Waals surface area contributed by atoms with Gasteiger partial charge in [0.15, 0.2) is 18.1 Å². The Hall–Kier alpha value is -3.22. The number of methoxy groups -OCH3 is 2. The van der Waals surface area contributed by atoms with Gasteiger partial charge >= 0.3 is 5.97 Å². The number of carbonyl (C=O) groups is 2. The van der Waals surface area contributed by atoms with Crippen molar-refractivity contribution in [1.82, 2.24) is 0 Å². The predicted octanol–water partition coefficient (Wildman–Crippen LogP) is 2.39. The van der Waals surface area contributed by atoms with Crippen LogP contribution in [-0.2, 0) is 9.53 Å². The lowest BCUT2D eigenvalue weighted by atomic mass is 10.1. The normalized spacial score (nSPS) is 10.0. The van der Waals surface area contributed by atoms with Crippen molar-refractivity contribution in [3.63, 3.8) is 0 Å². The number of nitrogens with one attached hydrogen (secondary N) is 1. The number of amides is 1. The van der Waals surface area contributed by atoms with Gasteiger partial charge in [-0.05, 0) is 30.7 Å². The molecule has 0 bridgehead atoms. The molecule has 0 saturated heterocycles. The Bertz CT molecular complexity index is 789. The van der Waals surface area contributed by atoms with E-state index in [9.17, 15) is 9.59 Å². The number of nitrogens with two attached hydrogens (primary N) is 1. The van der Waals surface area contributed by atoms with Gasteiger partial charge in [0.1, 0.15) is 0 Å². The molecule has 0 fully saturated rings. The van der Waals surface area contributed by atoms with E-state index < -0.39 is 18.5 Å². The number of aryl methyl sites for hydroxylation is 1. The fourth-order valence-electron chi connectivity index (χ4n) is 2.18. The zero-order chi connectivity index (χ0) is 18.4. The maximum atomic E-state index is 12.0. The lowest BCUT2D eigenvalue weighted by molar-refractivity contribution is -0.119. The Balaban J connectivity index is 1.97. The Morgan fingerprint density at radius 3 is 2.48 bits per heavy atom. The first kappa shape index (κ1) is 18.1. The molecular formula is C18H20N2O5. The van der Waals surface area contributed by atoms with Gasteiger partial charge in [-0.25, -0.2) is 4.79 Å². The van der Waals surface area contributed by atoms with Crippen LogP contribution >= 0.6 is 0 Å². The molecule has 2 aromatic rings. The van der Waals surface area contributed by atoms with Crippen LogP contribution in [0.3, 0.4) is 0 Å². The number of nitrogen functional groups attached to an aromatic ring is 1. The van der Waals surface area contributed by atoms with E-state index in [1.165, 1.54) is 14.2 Å². The van der Waals surface area contributed by atoms with E-state index in [1.807, 2.05) is 0 Å². The SMILES string of the molecule is COc1ccc(NC(=O)COC(=O)c2cccc(C)c2N)cc1OC. The van der Waals surface area contributed by atoms with E-state index in [2.05, 4.69) is 5.32 Å². The van der Waals surface area contributed by atoms with Crippen LogP contribution in [-0.4, -0.2) is 32.7 Å². The van der Waals surface area contributed by atoms with E-state index in [0.29, 0.717) is 22.9 Å². The van der Waals surface area contributed by atoms with Crippen LogP contribution in [0.5, 0.6) is 11.5 Å². The number of anilines is 2. The van der Waals surface area contributed by atoms with Gasteiger partial charge in [0.2, 0.25) is 0 Å². The number of ether oxygens (including phenoxy) is 3. The van der Waals surface area contributed by atoms with Crippen molar-refractivity contribution in [2.45, 2.75) is 6.92 Å². The van der Waals surface area contributed by atoms with E-state index in [0.717, 1.165) is 5.56 Å². The molecule has 132 valence electrons. The van der Waals surface area contributed by atoms with Crippen molar-refractivity contribution in [2.24, 2.45) is 0 Å². The number of hydrogen-bond donors (Lipinski definition) is 2. The summed E-state index contributed by atoms with van der Waals surface area (Å²) in [6.07, 6.45) is 0. The average Bonchev–Trinajstić information content (AvgIpc) is 2.61. The summed E-state index contributed by atoms with van der Waals surface area (Å²) in [5.41, 5.74) is 7.68. The van der Waals surface area contributed by atoms with E-state index >= 15 is 0 Å². The molecule has 7 heteroatoms. The van der Waals surface area contributed by atoms with Crippen LogP contribution in [0.25, 0.3) is 0 Å². The van der Waals surface area contributed by atoms with E-state index in [-0.39, 0.29) is 5.56 Å². The predicted molar refractivity (Wildman–Crippen MR) is 94.0 cm³/mol. The molecule has 7 nitrogen and oxygen atoms in total. The van der Waals surface area contributed by atoms with Gasteiger partial charge in [0, 0.05) is 17.4 Å². The number of carbonyl (C=O) groups excluding carboxylic acids is 2. The minimum absolute atomic E-state index is 0.235. The molecule has 0 spiro atoms. The van der Waals surface area contributed by atoms with Crippen molar-refractivity contribution in [2.75, 3.05) is 31.9 Å². The Labute approximate surface area is 145 Å². The summed E-state index contributed by atoms with van der Waals surface area (Å²) in [6, 6.07) is 9.96. The maximum absolute atomic E-state index is 12.0. The summed E-state index contributed by atoms with van der Waals surface area (Å²) in [6.45, 7) is 1.36. The van der Waals surface area contributed by atoms with Crippen molar-refractivity contribution in [1.29, 1.82) is 0 Å². The molecule has 0 aromatic heterocycles. The van der Waals surface area contributed by atoms with Gasteiger partial charge in [0.25, 0.3) is 5.91 Å². The van der Waals surface area contributed by atoms with Crippen LogP contribution in [0.15, 0.2) is 36.4 Å². The highest BCUT2D eigenvalue weighted by Gasteiger charge is 2.14. The molecule has 0 saturated carbocycles. The fourth-order valence-corrected chi connectivity index (χ4v) is 2.18. The van der Waals surface area contributed by atoms with Crippen molar-refractivity contribution in [3.8, 4) is 11.5 Å². The average molecular weight is 344 g/mol. The molecule has 0 aliphatic heterocycles. The van der Waals surface area contributed by atoms with Crippen LogP contribution < -0.4 is 20.5 Å². The highest BCUT2D eigenvalue weighted by atomic mass is 16.5. The summed E-state index contributed by atoms with van der Waals surface area (Å²) >= 11 is 0. The Kier molecular flexibility index (Phi) is 5.84. The largest absolute Gasteiger partial charge is 0.493 e. The molecule has 1 amide bonds. The van der Waals surface area contributed by atoms with Gasteiger partial charge in [-0.1, -0.05) is 12.1 Å². The summed E-state index contributed by atoms with van der Waals surface area (Å²) in [5.74, 6) is -0.109. The van der Waals surface area contributed by atoms with Crippen LogP contribution in [0.2, 0.25) is 0 Å². The smallest absolute Gasteiger partial charge is 0.340 e. The second-order valence-electron chi connectivity index (χ2n) is 5.23. The van der Waals surface area contributed by atoms with Gasteiger partial charge in [-0.2, -0.15) is 0 Å². The third-order valence-electron chi connectivity index (χ3n) is 3.55. The fraction of sp³-hybridized carbons (Fsp3) is 0.222. The molecule has 2 rings (SSSR count). The van der Waals surface area contributed by atoms with Crippen molar-refractivity contribution in [3.05, 3.63) is 47.5 Å². The van der Waals surface area contributed by atoms with Gasteiger partial charge in [-0.15, -0.1) is 0 Å². The summed E-state index contributed by atoms with van der Waals surface area (Å²) in [7, 11) is 3.02. The first-order chi connectivity index (χ1) is 12.0. The summed E-state index contributed by atoms with van der Waals surface area (Å²) in [5, 5.41) is 2.62. The third-order valence-corrected chi connectivity index (χ3v) is 3.55. The first-order valence-corrected chi connectivity index (χ1v) is 7.50. The Morgan fingerprint density at radius 1 is 1.08 bits per heavy atom. The zero-order valence-corrected chi connectivity index (χ0v) is 14.3. The second-order valence-corrected chi connectivity index (χ2v) is 5.23. The minimum atomic E-state index is -0.649.